The van der Waals surface area contributed by atoms with E-state index in [9.17, 15) is 9.90 Å². The molecule has 6 heteroatoms. The Bertz CT molecular complexity index is 835. The minimum Gasteiger partial charge on any atom is -0.508 e. The van der Waals surface area contributed by atoms with Gasteiger partial charge in [0, 0.05) is 28.5 Å². The Hall–Kier alpha value is -2.34. The molecule has 1 aliphatic heterocycles. The van der Waals surface area contributed by atoms with E-state index in [1.54, 1.807) is 18.2 Å². The van der Waals surface area contributed by atoms with Gasteiger partial charge in [-0.3, -0.25) is 4.79 Å². The van der Waals surface area contributed by atoms with Gasteiger partial charge >= 0.3 is 5.97 Å². The lowest BCUT2D eigenvalue weighted by Crippen LogP contribution is -2.30. The number of para-hydroxylation sites is 1. The highest BCUT2D eigenvalue weighted by molar-refractivity contribution is 6.31. The van der Waals surface area contributed by atoms with E-state index in [1.165, 1.54) is 0 Å². The van der Waals surface area contributed by atoms with E-state index in [0.717, 1.165) is 5.56 Å². The number of hydrogen-bond donors (Lipinski definition) is 2. The van der Waals surface area contributed by atoms with Crippen molar-refractivity contribution in [3.63, 3.8) is 0 Å². The first-order valence-corrected chi connectivity index (χ1v) is 9.60. The van der Waals surface area contributed by atoms with Crippen molar-refractivity contribution in [2.24, 2.45) is 5.92 Å². The second kappa shape index (κ2) is 9.73. The van der Waals surface area contributed by atoms with Crippen LogP contribution in [0.1, 0.15) is 42.8 Å². The second-order valence-electron chi connectivity index (χ2n) is 6.70. The van der Waals surface area contributed by atoms with E-state index in [-0.39, 0.29) is 24.2 Å². The van der Waals surface area contributed by atoms with Gasteiger partial charge in [-0.05, 0) is 25.0 Å². The molecular weight excluding hydrogens is 380 g/mol. The summed E-state index contributed by atoms with van der Waals surface area (Å²) in [5, 5.41) is 19.6. The predicted molar refractivity (Wildman–Crippen MR) is 106 cm³/mol. The molecule has 1 fully saturated rings. The molecule has 0 radical (unpaired) electrons. The Kier molecular flexibility index (Phi) is 7.09. The van der Waals surface area contributed by atoms with Crippen LogP contribution in [0.25, 0.3) is 0 Å². The fourth-order valence-electron chi connectivity index (χ4n) is 3.25. The predicted octanol–water partition coefficient (Wildman–Crippen LogP) is 5.26. The third kappa shape index (κ3) is 5.13. The number of halogens is 1. The van der Waals surface area contributed by atoms with Crippen LogP contribution in [-0.4, -0.2) is 22.8 Å². The summed E-state index contributed by atoms with van der Waals surface area (Å²) in [5.41, 5.74) is 1.45. The molecule has 0 unspecified atom stereocenters. The van der Waals surface area contributed by atoms with E-state index in [0.29, 0.717) is 30.0 Å². The molecule has 5 nitrogen and oxygen atoms in total. The summed E-state index contributed by atoms with van der Waals surface area (Å²) in [6.45, 7) is 0.429. The molecule has 0 amide bonds. The van der Waals surface area contributed by atoms with Crippen LogP contribution < -0.4 is 0 Å². The number of phenols is 1. The summed E-state index contributed by atoms with van der Waals surface area (Å²) in [4.78, 5) is 10.6. The van der Waals surface area contributed by atoms with Gasteiger partial charge in [0.2, 0.25) is 0 Å². The molecule has 0 saturated carbocycles. The molecule has 2 aromatic rings. The summed E-state index contributed by atoms with van der Waals surface area (Å²) in [7, 11) is 0. The Morgan fingerprint density at radius 2 is 1.82 bits per heavy atom. The molecule has 28 heavy (non-hydrogen) atoms. The normalized spacial score (nSPS) is 22.4. The average molecular weight is 403 g/mol. The van der Waals surface area contributed by atoms with Crippen molar-refractivity contribution >= 4 is 17.6 Å². The summed E-state index contributed by atoms with van der Waals surface area (Å²) in [6, 6.07) is 14.5. The van der Waals surface area contributed by atoms with E-state index in [1.807, 2.05) is 42.5 Å². The van der Waals surface area contributed by atoms with Crippen LogP contribution in [0, 0.1) is 5.92 Å². The molecule has 1 aliphatic rings. The minimum absolute atomic E-state index is 0.0203. The largest absolute Gasteiger partial charge is 0.508 e. The van der Waals surface area contributed by atoms with Gasteiger partial charge in [-0.15, -0.1) is 0 Å². The monoisotopic (exact) mass is 402 g/mol. The summed E-state index contributed by atoms with van der Waals surface area (Å²) >= 11 is 6.29. The fourth-order valence-corrected chi connectivity index (χ4v) is 3.48. The van der Waals surface area contributed by atoms with E-state index >= 15 is 0 Å². The molecule has 1 heterocycles. The zero-order chi connectivity index (χ0) is 19.9. The first-order valence-electron chi connectivity index (χ1n) is 9.22. The lowest BCUT2D eigenvalue weighted by atomic mass is 9.91. The van der Waals surface area contributed by atoms with Gasteiger partial charge in [-0.2, -0.15) is 0 Å². The van der Waals surface area contributed by atoms with Crippen LogP contribution in [0.15, 0.2) is 60.7 Å². The van der Waals surface area contributed by atoms with Crippen LogP contribution in [0.2, 0.25) is 5.02 Å². The molecule has 3 rings (SSSR count). The van der Waals surface area contributed by atoms with E-state index in [2.05, 4.69) is 0 Å². The van der Waals surface area contributed by atoms with Gasteiger partial charge in [-0.1, -0.05) is 60.2 Å². The molecule has 1 saturated heterocycles. The van der Waals surface area contributed by atoms with Crippen molar-refractivity contribution < 1.29 is 24.5 Å². The third-order valence-electron chi connectivity index (χ3n) is 4.69. The summed E-state index contributed by atoms with van der Waals surface area (Å²) in [5.74, 6) is -0.663. The number of carbonyl (C=O) groups is 1. The smallest absolute Gasteiger partial charge is 0.303 e. The Labute approximate surface area is 169 Å². The van der Waals surface area contributed by atoms with Gasteiger partial charge in [0.05, 0.1) is 12.7 Å². The van der Waals surface area contributed by atoms with Crippen LogP contribution in [-0.2, 0) is 14.3 Å². The van der Waals surface area contributed by atoms with Gasteiger partial charge in [0.1, 0.15) is 5.75 Å². The SMILES string of the molecule is O=C(O)CCC=CC[C@H]1CO[C@@H](c2ccccc2Cl)O[C@H]1c1ccccc1O. The lowest BCUT2D eigenvalue weighted by Gasteiger charge is -2.37. The number of benzene rings is 2. The number of rotatable bonds is 7. The quantitative estimate of drug-likeness (QED) is 0.618. The number of carboxylic acids is 1. The van der Waals surface area contributed by atoms with Crippen LogP contribution in [0.3, 0.4) is 0 Å². The standard InChI is InChI=1S/C22H23ClO5/c23-18-11-6-4-9-16(18)22-27-14-15(8-2-1-3-13-20(25)26)21(28-22)17-10-5-7-12-19(17)24/h1-2,4-7,9-12,15,21-22,24H,3,8,13-14H2,(H,25,26)/t15-,21+,22+/m0/s1. The maximum Gasteiger partial charge on any atom is 0.303 e. The number of ether oxygens (including phenoxy) is 2. The summed E-state index contributed by atoms with van der Waals surface area (Å²) in [6.07, 6.45) is 4.04. The molecule has 0 spiro atoms. The van der Waals surface area contributed by atoms with Gasteiger partial charge < -0.3 is 19.7 Å². The number of carboxylic acid groups (broad SMARTS) is 1. The highest BCUT2D eigenvalue weighted by Gasteiger charge is 2.35. The maximum atomic E-state index is 10.6. The van der Waals surface area contributed by atoms with Crippen molar-refractivity contribution in [2.75, 3.05) is 6.61 Å². The fraction of sp³-hybridized carbons (Fsp3) is 0.318. The van der Waals surface area contributed by atoms with Crippen LogP contribution >= 0.6 is 11.6 Å². The zero-order valence-electron chi connectivity index (χ0n) is 15.3. The molecule has 0 aromatic heterocycles. The third-order valence-corrected chi connectivity index (χ3v) is 5.04. The Balaban J connectivity index is 1.77. The Morgan fingerprint density at radius 3 is 2.54 bits per heavy atom. The number of phenolic OH excluding ortho intramolecular Hbond substituents is 1. The minimum atomic E-state index is -0.816. The van der Waals surface area contributed by atoms with Gasteiger partial charge in [0.15, 0.2) is 6.29 Å². The second-order valence-corrected chi connectivity index (χ2v) is 7.11. The molecule has 2 aromatic carbocycles. The van der Waals surface area contributed by atoms with Crippen molar-refractivity contribution in [1.82, 2.24) is 0 Å². The summed E-state index contributed by atoms with van der Waals surface area (Å²) < 4.78 is 12.2. The first-order chi connectivity index (χ1) is 13.6. The van der Waals surface area contributed by atoms with Crippen molar-refractivity contribution in [3.05, 3.63) is 76.8 Å². The molecule has 3 atom stereocenters. The van der Waals surface area contributed by atoms with Crippen LogP contribution in [0.5, 0.6) is 5.75 Å². The molecule has 0 bridgehead atoms. The van der Waals surface area contributed by atoms with Crippen molar-refractivity contribution in [2.45, 2.75) is 31.7 Å². The van der Waals surface area contributed by atoms with Crippen molar-refractivity contribution in [3.8, 4) is 5.75 Å². The molecule has 2 N–H and O–H groups in total. The number of hydrogen-bond acceptors (Lipinski definition) is 4. The first kappa shape index (κ1) is 20.4. The molecule has 0 aliphatic carbocycles. The Morgan fingerprint density at radius 1 is 1.11 bits per heavy atom. The van der Waals surface area contributed by atoms with Crippen molar-refractivity contribution in [1.29, 1.82) is 0 Å². The zero-order valence-corrected chi connectivity index (χ0v) is 16.1. The van der Waals surface area contributed by atoms with Gasteiger partial charge in [-0.25, -0.2) is 0 Å². The van der Waals surface area contributed by atoms with Crippen LogP contribution in [0.4, 0.5) is 0 Å². The topological polar surface area (TPSA) is 76.0 Å². The maximum absolute atomic E-state index is 10.6. The number of aliphatic carboxylic acids is 1. The van der Waals surface area contributed by atoms with E-state index in [4.69, 9.17) is 26.2 Å². The molecule has 148 valence electrons. The molecular formula is C22H23ClO5. The van der Waals surface area contributed by atoms with E-state index < -0.39 is 12.3 Å². The highest BCUT2D eigenvalue weighted by Crippen LogP contribution is 2.43. The van der Waals surface area contributed by atoms with Gasteiger partial charge in [0.25, 0.3) is 0 Å². The average Bonchev–Trinajstić information content (AvgIpc) is 2.68. The number of aromatic hydroxyl groups is 1. The lowest BCUT2D eigenvalue weighted by molar-refractivity contribution is -0.244. The number of allylic oxidation sites excluding steroid dienone is 2. The highest BCUT2D eigenvalue weighted by atomic mass is 35.5.